The largest absolute Gasteiger partial charge is 0.414 e. The number of aliphatic hydroxyl groups excluding tert-OH is 1. The van der Waals surface area contributed by atoms with E-state index in [1.165, 1.54) is 32.1 Å². The molecule has 1 N–H and O–H groups in total. The summed E-state index contributed by atoms with van der Waals surface area (Å²) in [6.07, 6.45) is 14.0. The van der Waals surface area contributed by atoms with Crippen LogP contribution in [0.2, 0.25) is 18.1 Å². The van der Waals surface area contributed by atoms with Gasteiger partial charge in [-0.15, -0.1) is 0 Å². The summed E-state index contributed by atoms with van der Waals surface area (Å²) in [4.78, 5) is 0. The van der Waals surface area contributed by atoms with Gasteiger partial charge in [-0.2, -0.15) is 0 Å². The summed E-state index contributed by atoms with van der Waals surface area (Å²) in [5, 5.41) is 10.5. The Bertz CT molecular complexity index is 351. The minimum atomic E-state index is -1.63. The summed E-state index contributed by atoms with van der Waals surface area (Å²) >= 11 is 0. The highest BCUT2D eigenvalue weighted by molar-refractivity contribution is 6.74. The van der Waals surface area contributed by atoms with Crippen molar-refractivity contribution in [1.82, 2.24) is 0 Å². The smallest absolute Gasteiger partial charge is 0.192 e. The number of rotatable bonds is 8. The molecule has 23 heavy (non-hydrogen) atoms. The molecule has 1 aliphatic carbocycles. The lowest BCUT2D eigenvalue weighted by Gasteiger charge is -2.38. The Kier molecular flexibility index (Phi) is 8.54. The van der Waals surface area contributed by atoms with E-state index in [-0.39, 0.29) is 11.1 Å². The molecule has 0 unspecified atom stereocenters. The van der Waals surface area contributed by atoms with Gasteiger partial charge in [0.25, 0.3) is 0 Å². The van der Waals surface area contributed by atoms with Crippen molar-refractivity contribution >= 4 is 8.32 Å². The Morgan fingerprint density at radius 2 is 1.78 bits per heavy atom. The van der Waals surface area contributed by atoms with Crippen molar-refractivity contribution in [2.45, 2.75) is 109 Å². The van der Waals surface area contributed by atoms with Gasteiger partial charge in [-0.1, -0.05) is 52.2 Å². The average Bonchev–Trinajstić information content (AvgIpc) is 2.46. The number of hydrogen-bond acceptors (Lipinski definition) is 2. The van der Waals surface area contributed by atoms with E-state index in [4.69, 9.17) is 4.43 Å². The molecule has 1 saturated carbocycles. The van der Waals surface area contributed by atoms with E-state index in [0.29, 0.717) is 12.0 Å². The van der Waals surface area contributed by atoms with Gasteiger partial charge >= 0.3 is 0 Å². The zero-order chi connectivity index (χ0) is 17.5. The number of allylic oxidation sites excluding steroid dienone is 1. The summed E-state index contributed by atoms with van der Waals surface area (Å²) in [5.74, 6) is 0.501. The topological polar surface area (TPSA) is 29.5 Å². The van der Waals surface area contributed by atoms with Crippen molar-refractivity contribution < 1.29 is 9.53 Å². The lowest BCUT2D eigenvalue weighted by molar-refractivity contribution is 0.125. The fourth-order valence-corrected chi connectivity index (χ4v) is 4.61. The van der Waals surface area contributed by atoms with Crippen LogP contribution in [0.3, 0.4) is 0 Å². The highest BCUT2D eigenvalue weighted by Gasteiger charge is 2.38. The molecular weight excluding hydrogens is 300 g/mol. The molecule has 3 heteroatoms. The van der Waals surface area contributed by atoms with Crippen LogP contribution in [0.15, 0.2) is 12.2 Å². The van der Waals surface area contributed by atoms with Crippen molar-refractivity contribution in [2.75, 3.05) is 0 Å². The van der Waals surface area contributed by atoms with Crippen molar-refractivity contribution in [2.24, 2.45) is 5.92 Å². The molecule has 0 amide bonds. The molecule has 0 aliphatic heterocycles. The molecular formula is C20H40O2Si. The third-order valence-electron chi connectivity index (χ3n) is 5.75. The average molecular weight is 341 g/mol. The van der Waals surface area contributed by atoms with E-state index >= 15 is 0 Å². The zero-order valence-corrected chi connectivity index (χ0v) is 17.4. The van der Waals surface area contributed by atoms with Gasteiger partial charge in [0.1, 0.15) is 0 Å². The molecule has 0 aromatic heterocycles. The molecule has 0 saturated heterocycles. The first-order chi connectivity index (χ1) is 10.6. The standard InChI is InChI=1S/C20H40O2Si/c1-17(22-23(5,6)20(2,3)4)13-9-7-12-16-19(21)18-14-10-8-11-15-18/h12,16-19,21H,7-11,13-15H2,1-6H3/b16-12+/t17-,19+/m0/s1. The lowest BCUT2D eigenvalue weighted by Crippen LogP contribution is -2.43. The van der Waals surface area contributed by atoms with Gasteiger partial charge in [-0.05, 0) is 63.1 Å². The summed E-state index contributed by atoms with van der Waals surface area (Å²) < 4.78 is 6.39. The van der Waals surface area contributed by atoms with Gasteiger partial charge < -0.3 is 9.53 Å². The summed E-state index contributed by atoms with van der Waals surface area (Å²) in [7, 11) is -1.63. The second-order valence-electron chi connectivity index (χ2n) is 8.94. The molecule has 0 heterocycles. The van der Waals surface area contributed by atoms with Crippen molar-refractivity contribution in [3.63, 3.8) is 0 Å². The third-order valence-corrected chi connectivity index (χ3v) is 10.4. The molecule has 0 aromatic carbocycles. The molecule has 136 valence electrons. The van der Waals surface area contributed by atoms with Crippen LogP contribution in [0.1, 0.15) is 79.1 Å². The van der Waals surface area contributed by atoms with E-state index in [1.807, 2.05) is 6.08 Å². The van der Waals surface area contributed by atoms with Crippen LogP contribution in [0.5, 0.6) is 0 Å². The molecule has 1 fully saturated rings. The van der Waals surface area contributed by atoms with Crippen molar-refractivity contribution in [3.8, 4) is 0 Å². The third kappa shape index (κ3) is 7.53. The Labute approximate surface area is 145 Å². The normalized spacial score (nSPS) is 20.8. The van der Waals surface area contributed by atoms with Crippen LogP contribution in [0.4, 0.5) is 0 Å². The Hall–Kier alpha value is -0.123. The predicted octanol–water partition coefficient (Wildman–Crippen LogP) is 6.06. The highest BCUT2D eigenvalue weighted by Crippen LogP contribution is 2.37. The first-order valence-corrected chi connectivity index (χ1v) is 12.6. The maximum atomic E-state index is 10.2. The van der Waals surface area contributed by atoms with E-state index in [2.05, 4.69) is 46.9 Å². The molecule has 2 nitrogen and oxygen atoms in total. The van der Waals surface area contributed by atoms with E-state index < -0.39 is 8.32 Å². The van der Waals surface area contributed by atoms with Gasteiger partial charge in [0.05, 0.1) is 6.10 Å². The summed E-state index contributed by atoms with van der Waals surface area (Å²) in [6.45, 7) is 13.7. The van der Waals surface area contributed by atoms with Crippen molar-refractivity contribution in [1.29, 1.82) is 0 Å². The molecule has 1 rings (SSSR count). The van der Waals surface area contributed by atoms with Crippen LogP contribution in [0, 0.1) is 5.92 Å². The monoisotopic (exact) mass is 340 g/mol. The highest BCUT2D eigenvalue weighted by atomic mass is 28.4. The molecule has 0 bridgehead atoms. The molecule has 0 radical (unpaired) electrons. The molecule has 2 atom stereocenters. The second-order valence-corrected chi connectivity index (χ2v) is 13.7. The van der Waals surface area contributed by atoms with Crippen LogP contribution in [0.25, 0.3) is 0 Å². The second kappa shape index (κ2) is 9.38. The van der Waals surface area contributed by atoms with Gasteiger partial charge in [0.15, 0.2) is 8.32 Å². The predicted molar refractivity (Wildman–Crippen MR) is 103 cm³/mol. The van der Waals surface area contributed by atoms with E-state index in [0.717, 1.165) is 19.3 Å². The Morgan fingerprint density at radius 3 is 2.35 bits per heavy atom. The fourth-order valence-electron chi connectivity index (χ4n) is 3.13. The minimum Gasteiger partial charge on any atom is -0.414 e. The van der Waals surface area contributed by atoms with Crippen LogP contribution >= 0.6 is 0 Å². The van der Waals surface area contributed by atoms with Crippen LogP contribution in [-0.4, -0.2) is 25.6 Å². The Morgan fingerprint density at radius 1 is 1.17 bits per heavy atom. The van der Waals surface area contributed by atoms with E-state index in [9.17, 15) is 5.11 Å². The molecule has 1 aliphatic rings. The Balaban J connectivity index is 2.22. The minimum absolute atomic E-state index is 0.226. The van der Waals surface area contributed by atoms with Gasteiger partial charge in [-0.3, -0.25) is 0 Å². The van der Waals surface area contributed by atoms with Crippen LogP contribution in [-0.2, 0) is 4.43 Å². The van der Waals surface area contributed by atoms with Gasteiger partial charge in [-0.25, -0.2) is 0 Å². The maximum Gasteiger partial charge on any atom is 0.192 e. The van der Waals surface area contributed by atoms with E-state index in [1.54, 1.807) is 0 Å². The lowest BCUT2D eigenvalue weighted by atomic mass is 9.85. The van der Waals surface area contributed by atoms with Gasteiger partial charge in [0, 0.05) is 6.10 Å². The quantitative estimate of drug-likeness (QED) is 0.330. The fraction of sp³-hybridized carbons (Fsp3) is 0.900. The number of hydrogen-bond donors (Lipinski definition) is 1. The first-order valence-electron chi connectivity index (χ1n) is 9.66. The first kappa shape index (κ1) is 20.9. The van der Waals surface area contributed by atoms with Crippen LogP contribution < -0.4 is 0 Å². The summed E-state index contributed by atoms with van der Waals surface area (Å²) in [5.41, 5.74) is 0. The van der Waals surface area contributed by atoms with Gasteiger partial charge in [0.2, 0.25) is 0 Å². The number of aliphatic hydroxyl groups is 1. The maximum absolute atomic E-state index is 10.2. The summed E-state index contributed by atoms with van der Waals surface area (Å²) in [6, 6.07) is 0. The zero-order valence-electron chi connectivity index (χ0n) is 16.4. The molecule has 0 aromatic rings. The van der Waals surface area contributed by atoms with Crippen molar-refractivity contribution in [3.05, 3.63) is 12.2 Å². The molecule has 0 spiro atoms. The number of unbranched alkanes of at least 4 members (excludes halogenated alkanes) is 1. The SMILES string of the molecule is C[C@@H](CCC/C=C/[C@@H](O)C1CCCCC1)O[Si](C)(C)C(C)(C)C.